The lowest BCUT2D eigenvalue weighted by Crippen LogP contribution is -2.36. The van der Waals surface area contributed by atoms with Crippen molar-refractivity contribution in [1.29, 1.82) is 0 Å². The fraction of sp³-hybridized carbons (Fsp3) is 0.538. The first-order valence-electron chi connectivity index (χ1n) is 6.68. The molecule has 0 N–H and O–H groups in total. The van der Waals surface area contributed by atoms with Crippen molar-refractivity contribution in [3.63, 3.8) is 0 Å². The van der Waals surface area contributed by atoms with Crippen molar-refractivity contribution < 1.29 is 12.8 Å². The van der Waals surface area contributed by atoms with Gasteiger partial charge in [0, 0.05) is 36.0 Å². The number of halogens is 3. The normalized spacial score (nSPS) is 18.6. The molecular weight excluding hydrogens is 427 g/mol. The highest BCUT2D eigenvalue weighted by atomic mass is 79.9. The van der Waals surface area contributed by atoms with Gasteiger partial charge in [0.25, 0.3) is 0 Å². The molecule has 0 spiro atoms. The lowest BCUT2D eigenvalue weighted by molar-refractivity contribution is 0.305. The molecule has 1 aliphatic heterocycles. The Labute approximate surface area is 141 Å². The van der Waals surface area contributed by atoms with Crippen LogP contribution in [0.2, 0.25) is 0 Å². The van der Waals surface area contributed by atoms with E-state index in [1.807, 2.05) is 0 Å². The molecule has 0 saturated carbocycles. The summed E-state index contributed by atoms with van der Waals surface area (Å²) >= 11 is 6.53. The molecule has 0 amide bonds. The zero-order chi connectivity index (χ0) is 15.5. The van der Waals surface area contributed by atoms with Crippen molar-refractivity contribution in [2.75, 3.05) is 38.1 Å². The third kappa shape index (κ3) is 4.25. The van der Waals surface area contributed by atoms with Gasteiger partial charge in [-0.25, -0.2) is 12.8 Å². The van der Waals surface area contributed by atoms with Gasteiger partial charge in [0.2, 0.25) is 10.0 Å². The van der Waals surface area contributed by atoms with Crippen molar-refractivity contribution in [2.24, 2.45) is 0 Å². The Hall–Kier alpha value is -0.0200. The van der Waals surface area contributed by atoms with Gasteiger partial charge in [-0.15, -0.1) is 0 Å². The average molecular weight is 444 g/mol. The molecule has 0 radical (unpaired) electrons. The molecule has 0 aliphatic carbocycles. The van der Waals surface area contributed by atoms with Crippen molar-refractivity contribution in [3.05, 3.63) is 28.5 Å². The van der Waals surface area contributed by atoms with Crippen LogP contribution < -0.4 is 0 Å². The highest BCUT2D eigenvalue weighted by molar-refractivity contribution is 9.10. The van der Waals surface area contributed by atoms with Gasteiger partial charge >= 0.3 is 0 Å². The van der Waals surface area contributed by atoms with Gasteiger partial charge in [-0.2, -0.15) is 4.31 Å². The first-order chi connectivity index (χ1) is 9.95. The zero-order valence-corrected chi connectivity index (χ0v) is 15.4. The van der Waals surface area contributed by atoms with Crippen molar-refractivity contribution in [3.8, 4) is 0 Å². The van der Waals surface area contributed by atoms with Crippen LogP contribution in [0, 0.1) is 5.82 Å². The molecule has 1 aromatic carbocycles. The van der Waals surface area contributed by atoms with E-state index in [1.165, 1.54) is 16.4 Å². The lowest BCUT2D eigenvalue weighted by Gasteiger charge is -2.21. The maximum atomic E-state index is 13.9. The molecule has 118 valence electrons. The summed E-state index contributed by atoms with van der Waals surface area (Å²) in [6, 6.07) is 4.04. The molecule has 8 heteroatoms. The number of hydrogen-bond acceptors (Lipinski definition) is 3. The van der Waals surface area contributed by atoms with Crippen LogP contribution in [-0.2, 0) is 10.0 Å². The molecule has 4 nitrogen and oxygen atoms in total. The predicted octanol–water partition coefficient (Wildman–Crippen LogP) is 2.68. The van der Waals surface area contributed by atoms with Gasteiger partial charge in [-0.05, 0) is 31.2 Å². The van der Waals surface area contributed by atoms with E-state index in [-0.39, 0.29) is 4.90 Å². The van der Waals surface area contributed by atoms with Gasteiger partial charge in [-0.1, -0.05) is 31.9 Å². The minimum atomic E-state index is -3.77. The molecule has 0 bridgehead atoms. The van der Waals surface area contributed by atoms with Crippen LogP contribution in [0.5, 0.6) is 0 Å². The van der Waals surface area contributed by atoms with Crippen LogP contribution in [0.15, 0.2) is 27.6 Å². The van der Waals surface area contributed by atoms with Crippen LogP contribution in [0.1, 0.15) is 6.42 Å². The Morgan fingerprint density at radius 2 is 1.95 bits per heavy atom. The fourth-order valence-electron chi connectivity index (χ4n) is 2.35. The zero-order valence-electron chi connectivity index (χ0n) is 11.4. The first kappa shape index (κ1) is 17.3. The smallest absolute Gasteiger partial charge is 0.246 e. The molecular formula is C13H17Br2FN2O2S. The van der Waals surface area contributed by atoms with E-state index >= 15 is 0 Å². The van der Waals surface area contributed by atoms with Crippen molar-refractivity contribution in [2.45, 2.75) is 11.3 Å². The average Bonchev–Trinajstić information content (AvgIpc) is 2.65. The van der Waals surface area contributed by atoms with Gasteiger partial charge < -0.3 is 4.90 Å². The second kappa shape index (κ2) is 7.50. The summed E-state index contributed by atoms with van der Waals surface area (Å²) in [4.78, 5) is 1.96. The molecule has 21 heavy (non-hydrogen) atoms. The summed E-state index contributed by atoms with van der Waals surface area (Å²) < 4.78 is 41.0. The Kier molecular flexibility index (Phi) is 6.19. The third-order valence-electron chi connectivity index (χ3n) is 3.46. The Bertz CT molecular complexity index is 598. The molecule has 1 heterocycles. The standard InChI is InChI=1S/C13H17Br2FN2O2S/c14-4-7-17-5-1-6-18(9-8-17)21(19,20)13-3-2-11(15)10-12(13)16/h2-3,10H,1,4-9H2. The first-order valence-corrected chi connectivity index (χ1v) is 10.0. The van der Waals surface area contributed by atoms with Gasteiger partial charge in [0.1, 0.15) is 10.7 Å². The summed E-state index contributed by atoms with van der Waals surface area (Å²) in [5.41, 5.74) is 0. The fourth-order valence-corrected chi connectivity index (χ4v) is 4.70. The quantitative estimate of drug-likeness (QED) is 0.671. The molecule has 0 atom stereocenters. The monoisotopic (exact) mass is 442 g/mol. The van der Waals surface area contributed by atoms with Crippen LogP contribution in [0.3, 0.4) is 0 Å². The Balaban J connectivity index is 2.19. The summed E-state index contributed by atoms with van der Waals surface area (Å²) in [5, 5.41) is 0.862. The molecule has 1 saturated heterocycles. The van der Waals surface area contributed by atoms with Gasteiger partial charge in [0.05, 0.1) is 0 Å². The maximum absolute atomic E-state index is 13.9. The number of rotatable bonds is 4. The van der Waals surface area contributed by atoms with Crippen LogP contribution in [0.25, 0.3) is 0 Å². The summed E-state index contributed by atoms with van der Waals surface area (Å²) in [6.07, 6.45) is 0.754. The number of benzene rings is 1. The minimum absolute atomic E-state index is 0.250. The second-order valence-corrected chi connectivity index (χ2v) is 8.48. The topological polar surface area (TPSA) is 40.6 Å². The Morgan fingerprint density at radius 1 is 1.19 bits per heavy atom. The van der Waals surface area contributed by atoms with Gasteiger partial charge in [-0.3, -0.25) is 0 Å². The molecule has 2 rings (SSSR count). The summed E-state index contributed by atoms with van der Waals surface area (Å²) in [7, 11) is -3.77. The lowest BCUT2D eigenvalue weighted by atomic mass is 10.3. The van der Waals surface area contributed by atoms with E-state index in [1.54, 1.807) is 6.07 Å². The van der Waals surface area contributed by atoms with E-state index in [0.29, 0.717) is 24.1 Å². The molecule has 1 aliphatic rings. The SMILES string of the molecule is O=S(=O)(c1ccc(Br)cc1F)N1CCCN(CCBr)CC1. The van der Waals surface area contributed by atoms with E-state index in [4.69, 9.17) is 0 Å². The Morgan fingerprint density at radius 3 is 2.62 bits per heavy atom. The highest BCUT2D eigenvalue weighted by Gasteiger charge is 2.29. The van der Waals surface area contributed by atoms with E-state index in [9.17, 15) is 12.8 Å². The summed E-state index contributed by atoms with van der Waals surface area (Å²) in [5.74, 6) is -0.717. The number of hydrogen-bond donors (Lipinski definition) is 0. The van der Waals surface area contributed by atoms with Crippen molar-refractivity contribution >= 4 is 41.9 Å². The predicted molar refractivity (Wildman–Crippen MR) is 87.7 cm³/mol. The van der Waals surface area contributed by atoms with Crippen molar-refractivity contribution in [1.82, 2.24) is 9.21 Å². The highest BCUT2D eigenvalue weighted by Crippen LogP contribution is 2.23. The number of alkyl halides is 1. The number of sulfonamides is 1. The maximum Gasteiger partial charge on any atom is 0.246 e. The second-order valence-electron chi connectivity index (χ2n) is 4.86. The van der Waals surface area contributed by atoms with E-state index in [2.05, 4.69) is 36.8 Å². The third-order valence-corrected chi connectivity index (χ3v) is 6.24. The molecule has 1 fully saturated rings. The minimum Gasteiger partial charge on any atom is -0.301 e. The molecule has 0 aromatic heterocycles. The van der Waals surface area contributed by atoms with E-state index in [0.717, 1.165) is 24.8 Å². The summed E-state index contributed by atoms with van der Waals surface area (Å²) in [6.45, 7) is 3.24. The molecule has 1 aromatic rings. The largest absolute Gasteiger partial charge is 0.301 e. The number of nitrogens with zero attached hydrogens (tertiary/aromatic N) is 2. The van der Waals surface area contributed by atoms with Crippen LogP contribution >= 0.6 is 31.9 Å². The van der Waals surface area contributed by atoms with Gasteiger partial charge in [0.15, 0.2) is 0 Å². The van der Waals surface area contributed by atoms with E-state index < -0.39 is 15.8 Å². The molecule has 0 unspecified atom stereocenters. The van der Waals surface area contributed by atoms with Crippen LogP contribution in [0.4, 0.5) is 4.39 Å². The van der Waals surface area contributed by atoms with Crippen LogP contribution in [-0.4, -0.2) is 55.7 Å².